The Labute approximate surface area is 158 Å². The summed E-state index contributed by atoms with van der Waals surface area (Å²) in [4.78, 5) is 32.2. The summed E-state index contributed by atoms with van der Waals surface area (Å²) in [5.41, 5.74) is 6.12. The maximum atomic E-state index is 12.5. The maximum Gasteiger partial charge on any atom is 0.387 e. The Morgan fingerprint density at radius 3 is 2.48 bits per heavy atom. The molecular weight excluding hydrogens is 380 g/mol. The number of Topliss-reactive ketones (excluding diaryl/α,β-unsaturated/α-hetero) is 1. The number of benzene rings is 1. The fraction of sp³-hybridized carbons (Fsp3) is 0.294. The lowest BCUT2D eigenvalue weighted by Gasteiger charge is -2.11. The number of ether oxygens (including phenoxy) is 2. The highest BCUT2D eigenvalue weighted by molar-refractivity contribution is 8.00. The third-order valence-electron chi connectivity index (χ3n) is 3.31. The largest absolute Gasteiger partial charge is 0.462 e. The van der Waals surface area contributed by atoms with E-state index in [0.29, 0.717) is 5.56 Å². The van der Waals surface area contributed by atoms with E-state index in [2.05, 4.69) is 14.7 Å². The first-order valence-corrected chi connectivity index (χ1v) is 8.75. The van der Waals surface area contributed by atoms with Crippen molar-refractivity contribution in [3.63, 3.8) is 0 Å². The van der Waals surface area contributed by atoms with E-state index in [1.54, 1.807) is 13.8 Å². The summed E-state index contributed by atoms with van der Waals surface area (Å²) in [5, 5.41) is -0.348. The van der Waals surface area contributed by atoms with E-state index in [9.17, 15) is 18.4 Å². The number of alkyl halides is 2. The van der Waals surface area contributed by atoms with Crippen molar-refractivity contribution in [1.82, 2.24) is 9.97 Å². The number of nitrogens with zero attached hydrogens (tertiary/aromatic N) is 2. The van der Waals surface area contributed by atoms with Crippen LogP contribution in [0.25, 0.3) is 0 Å². The van der Waals surface area contributed by atoms with Gasteiger partial charge in [-0.05, 0) is 38.1 Å². The molecule has 144 valence electrons. The molecule has 7 nitrogen and oxygen atoms in total. The van der Waals surface area contributed by atoms with Gasteiger partial charge in [0.2, 0.25) is 0 Å². The molecule has 0 fully saturated rings. The number of anilines is 1. The molecule has 0 spiro atoms. The van der Waals surface area contributed by atoms with Gasteiger partial charge in [0, 0.05) is 11.8 Å². The number of hydrogen-bond donors (Lipinski definition) is 1. The number of halogens is 2. The van der Waals surface area contributed by atoms with Gasteiger partial charge in [0.25, 0.3) is 0 Å². The highest BCUT2D eigenvalue weighted by Gasteiger charge is 2.20. The molecule has 1 heterocycles. The van der Waals surface area contributed by atoms with Gasteiger partial charge < -0.3 is 15.2 Å². The van der Waals surface area contributed by atoms with Gasteiger partial charge in [-0.25, -0.2) is 14.8 Å². The van der Waals surface area contributed by atoms with Crippen LogP contribution in [0.3, 0.4) is 0 Å². The lowest BCUT2D eigenvalue weighted by atomic mass is 10.1. The second-order valence-corrected chi connectivity index (χ2v) is 6.51. The van der Waals surface area contributed by atoms with Crippen molar-refractivity contribution in [2.45, 2.75) is 30.9 Å². The van der Waals surface area contributed by atoms with E-state index in [0.717, 1.165) is 11.8 Å². The molecule has 0 aliphatic carbocycles. The van der Waals surface area contributed by atoms with Crippen LogP contribution >= 0.6 is 11.8 Å². The van der Waals surface area contributed by atoms with Gasteiger partial charge in [0.1, 0.15) is 17.1 Å². The maximum absolute atomic E-state index is 12.5. The molecule has 0 aliphatic rings. The minimum atomic E-state index is -2.93. The molecule has 27 heavy (non-hydrogen) atoms. The average molecular weight is 397 g/mol. The second kappa shape index (κ2) is 9.26. The number of thioether (sulfide) groups is 1. The van der Waals surface area contributed by atoms with E-state index in [1.165, 1.54) is 30.5 Å². The zero-order valence-corrected chi connectivity index (χ0v) is 15.3. The summed E-state index contributed by atoms with van der Waals surface area (Å²) in [6.07, 6.45) is 1.25. The smallest absolute Gasteiger partial charge is 0.387 e. The molecular formula is C17H17F2N3O4S. The van der Waals surface area contributed by atoms with Crippen molar-refractivity contribution in [2.24, 2.45) is 0 Å². The molecule has 0 saturated heterocycles. The van der Waals surface area contributed by atoms with Crippen LogP contribution in [0.4, 0.5) is 14.6 Å². The Hall–Kier alpha value is -2.75. The normalized spacial score (nSPS) is 11.9. The first-order chi connectivity index (χ1) is 12.8. The van der Waals surface area contributed by atoms with Gasteiger partial charge in [-0.2, -0.15) is 8.78 Å². The van der Waals surface area contributed by atoms with Gasteiger partial charge >= 0.3 is 12.6 Å². The number of esters is 1. The van der Waals surface area contributed by atoms with Gasteiger partial charge in [-0.15, -0.1) is 0 Å². The third kappa shape index (κ3) is 5.61. The summed E-state index contributed by atoms with van der Waals surface area (Å²) in [6.45, 7) is 0.580. The molecule has 2 rings (SSSR count). The van der Waals surface area contributed by atoms with E-state index in [-0.39, 0.29) is 34.7 Å². The Morgan fingerprint density at radius 2 is 1.93 bits per heavy atom. The molecule has 0 radical (unpaired) electrons. The number of nitrogens with two attached hydrogens (primary N) is 1. The van der Waals surface area contributed by atoms with Gasteiger partial charge in [-0.1, -0.05) is 11.8 Å². The first-order valence-electron chi connectivity index (χ1n) is 7.87. The quantitative estimate of drug-likeness (QED) is 0.313. The molecule has 10 heteroatoms. The Kier molecular flexibility index (Phi) is 7.05. The zero-order chi connectivity index (χ0) is 20.0. The van der Waals surface area contributed by atoms with Crippen molar-refractivity contribution >= 4 is 29.3 Å². The molecule has 2 aromatic rings. The van der Waals surface area contributed by atoms with E-state index >= 15 is 0 Å². The van der Waals surface area contributed by atoms with Crippen LogP contribution in [0.5, 0.6) is 5.75 Å². The predicted molar refractivity (Wildman–Crippen MR) is 95.1 cm³/mol. The average Bonchev–Trinajstić information content (AvgIpc) is 2.61. The minimum Gasteiger partial charge on any atom is -0.462 e. The number of carbonyl (C=O) groups is 2. The van der Waals surface area contributed by atoms with Crippen LogP contribution in [-0.4, -0.2) is 40.2 Å². The monoisotopic (exact) mass is 397 g/mol. The van der Waals surface area contributed by atoms with Gasteiger partial charge in [-0.3, -0.25) is 4.79 Å². The van der Waals surface area contributed by atoms with Crippen LogP contribution in [0.2, 0.25) is 0 Å². The standard InChI is InChI=1S/C17H17F2N3O4S/c1-3-25-15(24)12-8-21-17(22-14(12)20)27-9(2)13(23)10-4-6-11(7-5-10)26-16(18)19/h4-9,16H,3H2,1-2H3,(H2,20,21,22). The van der Waals surface area contributed by atoms with Crippen LogP contribution in [0.15, 0.2) is 35.6 Å². The highest BCUT2D eigenvalue weighted by Crippen LogP contribution is 2.25. The van der Waals surface area contributed by atoms with Gasteiger partial charge in [0.15, 0.2) is 10.9 Å². The highest BCUT2D eigenvalue weighted by atomic mass is 32.2. The fourth-order valence-corrected chi connectivity index (χ4v) is 2.87. The fourth-order valence-electron chi connectivity index (χ4n) is 2.05. The number of rotatable bonds is 8. The van der Waals surface area contributed by atoms with Crippen molar-refractivity contribution in [1.29, 1.82) is 0 Å². The molecule has 1 atom stereocenters. The Balaban J connectivity index is 2.05. The summed E-state index contributed by atoms with van der Waals surface area (Å²) < 4.78 is 33.4. The van der Waals surface area contributed by atoms with E-state index in [4.69, 9.17) is 10.5 Å². The summed E-state index contributed by atoms with van der Waals surface area (Å²) in [5.74, 6) is -0.950. The lowest BCUT2D eigenvalue weighted by Crippen LogP contribution is -2.15. The van der Waals surface area contributed by atoms with Crippen molar-refractivity contribution < 1.29 is 27.8 Å². The van der Waals surface area contributed by atoms with Crippen molar-refractivity contribution in [2.75, 3.05) is 12.3 Å². The Bertz CT molecular complexity index is 818. The number of nitrogen functional groups attached to an aromatic ring is 1. The van der Waals surface area contributed by atoms with E-state index in [1.807, 2.05) is 0 Å². The molecule has 2 N–H and O–H groups in total. The van der Waals surface area contributed by atoms with Crippen molar-refractivity contribution in [3.05, 3.63) is 41.6 Å². The van der Waals surface area contributed by atoms with E-state index < -0.39 is 17.8 Å². The molecule has 0 bridgehead atoms. The van der Waals surface area contributed by atoms with Crippen LogP contribution in [0.1, 0.15) is 34.6 Å². The number of hydrogen-bond acceptors (Lipinski definition) is 8. The summed E-state index contributed by atoms with van der Waals surface area (Å²) >= 11 is 1.05. The van der Waals surface area contributed by atoms with Crippen molar-refractivity contribution in [3.8, 4) is 5.75 Å². The zero-order valence-electron chi connectivity index (χ0n) is 14.5. The number of carbonyl (C=O) groups excluding carboxylic acids is 2. The third-order valence-corrected chi connectivity index (χ3v) is 4.28. The van der Waals surface area contributed by atoms with Crippen LogP contribution in [-0.2, 0) is 4.74 Å². The Morgan fingerprint density at radius 1 is 1.26 bits per heavy atom. The molecule has 1 unspecified atom stereocenters. The van der Waals surface area contributed by atoms with Gasteiger partial charge in [0.05, 0.1) is 11.9 Å². The molecule has 0 amide bonds. The summed E-state index contributed by atoms with van der Waals surface area (Å²) in [6, 6.07) is 5.38. The van der Waals surface area contributed by atoms with Crippen LogP contribution < -0.4 is 10.5 Å². The lowest BCUT2D eigenvalue weighted by molar-refractivity contribution is -0.0498. The predicted octanol–water partition coefficient (Wildman–Crippen LogP) is 3.20. The molecule has 1 aromatic heterocycles. The first kappa shape index (κ1) is 20.6. The summed E-state index contributed by atoms with van der Waals surface area (Å²) in [7, 11) is 0. The number of ketones is 1. The molecule has 1 aromatic carbocycles. The molecule has 0 aliphatic heterocycles. The molecule has 0 saturated carbocycles. The second-order valence-electron chi connectivity index (χ2n) is 5.20. The van der Waals surface area contributed by atoms with Crippen LogP contribution in [0, 0.1) is 0 Å². The topological polar surface area (TPSA) is 104 Å². The number of aromatic nitrogens is 2. The SMILES string of the molecule is CCOC(=O)c1cnc(SC(C)C(=O)c2ccc(OC(F)F)cc2)nc1N. The minimum absolute atomic E-state index is 0.0347.